The summed E-state index contributed by atoms with van der Waals surface area (Å²) in [5, 5.41) is 0. The number of carbonyl (C=O) groups excluding carboxylic acids is 1. The molecule has 1 aromatic carbocycles. The highest BCUT2D eigenvalue weighted by molar-refractivity contribution is 5.94. The lowest BCUT2D eigenvalue weighted by Gasteiger charge is -2.18. The van der Waals surface area contributed by atoms with Gasteiger partial charge in [-0.25, -0.2) is 9.37 Å². The zero-order valence-corrected chi connectivity index (χ0v) is 16.5. The average molecular weight is 380 g/mol. The van der Waals surface area contributed by atoms with Crippen LogP contribution in [0.4, 0.5) is 4.39 Å². The molecule has 0 saturated carbocycles. The van der Waals surface area contributed by atoms with Crippen molar-refractivity contribution in [1.29, 1.82) is 0 Å². The number of fused-ring (bicyclic) bond motifs is 1. The molecule has 1 amide bonds. The van der Waals surface area contributed by atoms with Crippen molar-refractivity contribution in [1.82, 2.24) is 19.4 Å². The second-order valence-corrected chi connectivity index (χ2v) is 8.04. The minimum Gasteiger partial charge on any atom is -0.338 e. The monoisotopic (exact) mass is 380 g/mol. The first kappa shape index (κ1) is 18.6. The summed E-state index contributed by atoms with van der Waals surface area (Å²) in [5.74, 6) is 1.21. The molecule has 0 N–H and O–H groups in total. The van der Waals surface area contributed by atoms with Crippen LogP contribution in [0.25, 0.3) is 11.0 Å². The van der Waals surface area contributed by atoms with Gasteiger partial charge in [0.25, 0.3) is 5.91 Å². The summed E-state index contributed by atoms with van der Waals surface area (Å²) in [6.45, 7) is 8.19. The second kappa shape index (κ2) is 7.34. The van der Waals surface area contributed by atoms with Crippen molar-refractivity contribution in [3.05, 3.63) is 59.4 Å². The number of aryl methyl sites for hydroxylation is 1. The number of pyridine rings is 1. The number of hydrogen-bond acceptors (Lipinski definition) is 3. The molecule has 0 unspecified atom stereocenters. The van der Waals surface area contributed by atoms with Crippen LogP contribution < -0.4 is 0 Å². The molecule has 5 nitrogen and oxygen atoms in total. The van der Waals surface area contributed by atoms with Gasteiger partial charge >= 0.3 is 0 Å². The Morgan fingerprint density at radius 2 is 2.14 bits per heavy atom. The number of nitrogens with zero attached hydrogens (tertiary/aromatic N) is 4. The van der Waals surface area contributed by atoms with Gasteiger partial charge in [-0.15, -0.1) is 0 Å². The molecule has 4 rings (SSSR count). The molecule has 3 aromatic rings. The third kappa shape index (κ3) is 3.39. The number of carbonyl (C=O) groups is 1. The maximum absolute atomic E-state index is 13.9. The Hall–Kier alpha value is -2.76. The van der Waals surface area contributed by atoms with Gasteiger partial charge in [-0.05, 0) is 43.0 Å². The Labute approximate surface area is 164 Å². The molecule has 2 aromatic heterocycles. The van der Waals surface area contributed by atoms with Crippen LogP contribution in [0.15, 0.2) is 36.7 Å². The smallest absolute Gasteiger partial charge is 0.253 e. The molecule has 1 saturated heterocycles. The van der Waals surface area contributed by atoms with Crippen LogP contribution in [0, 0.1) is 18.7 Å². The van der Waals surface area contributed by atoms with Gasteiger partial charge in [-0.1, -0.05) is 19.9 Å². The summed E-state index contributed by atoms with van der Waals surface area (Å²) in [5.41, 5.74) is 2.93. The molecule has 0 spiro atoms. The summed E-state index contributed by atoms with van der Waals surface area (Å²) in [6, 6.07) is 6.63. The van der Waals surface area contributed by atoms with Crippen LogP contribution >= 0.6 is 0 Å². The van der Waals surface area contributed by atoms with Gasteiger partial charge in [0.2, 0.25) is 0 Å². The lowest BCUT2D eigenvalue weighted by molar-refractivity contribution is 0.0790. The van der Waals surface area contributed by atoms with Crippen molar-refractivity contribution in [2.45, 2.75) is 39.7 Å². The normalized spacial score (nSPS) is 17.0. The standard InChI is InChI=1S/C22H25FN4O/c1-14(2)12-27-20-11-24-8-6-19(20)25-21(27)17-7-9-26(13-17)22(28)16-5-4-15(3)18(23)10-16/h4-6,8,10-11,14,17H,7,9,12-13H2,1-3H3/t17-/m0/s1. The number of imidazole rings is 1. The molecule has 1 aliphatic heterocycles. The minimum atomic E-state index is -0.340. The molecule has 3 heterocycles. The van der Waals surface area contributed by atoms with E-state index in [4.69, 9.17) is 4.98 Å². The number of halogens is 1. The van der Waals surface area contributed by atoms with Gasteiger partial charge in [0.05, 0.1) is 17.2 Å². The SMILES string of the molecule is Cc1ccc(C(=O)N2CC[C@H](c3nc4ccncc4n3CC(C)C)C2)cc1F. The van der Waals surface area contributed by atoms with E-state index in [2.05, 4.69) is 23.4 Å². The molecule has 1 atom stereocenters. The predicted molar refractivity (Wildman–Crippen MR) is 107 cm³/mol. The predicted octanol–water partition coefficient (Wildman–Crippen LogP) is 4.16. The fraction of sp³-hybridized carbons (Fsp3) is 0.409. The van der Waals surface area contributed by atoms with E-state index in [-0.39, 0.29) is 17.6 Å². The largest absolute Gasteiger partial charge is 0.338 e. The maximum Gasteiger partial charge on any atom is 0.253 e. The summed E-state index contributed by atoms with van der Waals surface area (Å²) in [7, 11) is 0. The van der Waals surface area contributed by atoms with Gasteiger partial charge in [0.1, 0.15) is 11.6 Å². The van der Waals surface area contributed by atoms with Crippen LogP contribution in [0.5, 0.6) is 0 Å². The van der Waals surface area contributed by atoms with Gasteiger partial charge in [-0.2, -0.15) is 0 Å². The van der Waals surface area contributed by atoms with Gasteiger partial charge in [0.15, 0.2) is 0 Å². The van der Waals surface area contributed by atoms with Gasteiger partial charge < -0.3 is 9.47 Å². The molecule has 146 valence electrons. The van der Waals surface area contributed by atoms with Crippen LogP contribution in [0.2, 0.25) is 0 Å². The molecule has 0 radical (unpaired) electrons. The van der Waals surface area contributed by atoms with E-state index < -0.39 is 0 Å². The fourth-order valence-corrected chi connectivity index (χ4v) is 3.92. The van der Waals surface area contributed by atoms with Gasteiger partial charge in [-0.3, -0.25) is 9.78 Å². The first-order valence-corrected chi connectivity index (χ1v) is 9.79. The quantitative estimate of drug-likeness (QED) is 0.683. The Kier molecular flexibility index (Phi) is 4.87. The van der Waals surface area contributed by atoms with E-state index in [1.807, 2.05) is 17.2 Å². The Balaban J connectivity index is 1.60. The van der Waals surface area contributed by atoms with E-state index in [1.54, 1.807) is 25.3 Å². The number of amides is 1. The van der Waals surface area contributed by atoms with Gasteiger partial charge in [0, 0.05) is 37.3 Å². The summed E-state index contributed by atoms with van der Waals surface area (Å²) >= 11 is 0. The Bertz CT molecular complexity index is 1030. The molecule has 1 fully saturated rings. The number of aromatic nitrogens is 3. The summed E-state index contributed by atoms with van der Waals surface area (Å²) < 4.78 is 16.1. The zero-order valence-electron chi connectivity index (χ0n) is 16.5. The van der Waals surface area contributed by atoms with Crippen molar-refractivity contribution in [3.8, 4) is 0 Å². The number of benzene rings is 1. The highest BCUT2D eigenvalue weighted by Gasteiger charge is 2.31. The molecular weight excluding hydrogens is 355 g/mol. The summed E-state index contributed by atoms with van der Waals surface area (Å²) in [4.78, 5) is 23.8. The van der Waals surface area contributed by atoms with E-state index in [1.165, 1.54) is 6.07 Å². The number of likely N-dealkylation sites (tertiary alicyclic amines) is 1. The van der Waals surface area contributed by atoms with Crippen molar-refractivity contribution >= 4 is 16.9 Å². The molecule has 0 bridgehead atoms. The molecule has 28 heavy (non-hydrogen) atoms. The van der Waals surface area contributed by atoms with Crippen molar-refractivity contribution in [2.75, 3.05) is 13.1 Å². The van der Waals surface area contributed by atoms with Crippen molar-refractivity contribution in [2.24, 2.45) is 5.92 Å². The van der Waals surface area contributed by atoms with Crippen molar-refractivity contribution < 1.29 is 9.18 Å². The third-order valence-corrected chi connectivity index (χ3v) is 5.39. The minimum absolute atomic E-state index is 0.116. The van der Waals surface area contributed by atoms with E-state index in [0.29, 0.717) is 30.1 Å². The van der Waals surface area contributed by atoms with Crippen LogP contribution in [0.3, 0.4) is 0 Å². The maximum atomic E-state index is 13.9. The highest BCUT2D eigenvalue weighted by atomic mass is 19.1. The number of rotatable bonds is 4. The van der Waals surface area contributed by atoms with E-state index in [9.17, 15) is 9.18 Å². The highest BCUT2D eigenvalue weighted by Crippen LogP contribution is 2.31. The first-order chi connectivity index (χ1) is 13.4. The molecule has 1 aliphatic rings. The second-order valence-electron chi connectivity index (χ2n) is 8.04. The number of hydrogen-bond donors (Lipinski definition) is 0. The van der Waals surface area contributed by atoms with Crippen molar-refractivity contribution in [3.63, 3.8) is 0 Å². The Morgan fingerprint density at radius 1 is 1.32 bits per heavy atom. The Morgan fingerprint density at radius 3 is 2.89 bits per heavy atom. The van der Waals surface area contributed by atoms with Crippen LogP contribution in [-0.2, 0) is 6.54 Å². The lowest BCUT2D eigenvalue weighted by Crippen LogP contribution is -2.29. The van der Waals surface area contributed by atoms with Crippen LogP contribution in [0.1, 0.15) is 47.9 Å². The van der Waals surface area contributed by atoms with E-state index >= 15 is 0 Å². The topological polar surface area (TPSA) is 51.0 Å². The zero-order chi connectivity index (χ0) is 19.8. The first-order valence-electron chi connectivity index (χ1n) is 9.79. The lowest BCUT2D eigenvalue weighted by atomic mass is 10.1. The molecular formula is C22H25FN4O. The third-order valence-electron chi connectivity index (χ3n) is 5.39. The summed E-state index contributed by atoms with van der Waals surface area (Å²) in [6.07, 6.45) is 4.48. The fourth-order valence-electron chi connectivity index (χ4n) is 3.92. The van der Waals surface area contributed by atoms with E-state index in [0.717, 1.165) is 29.8 Å². The average Bonchev–Trinajstić information content (AvgIpc) is 3.28. The molecule has 0 aliphatic carbocycles. The molecule has 6 heteroatoms. The van der Waals surface area contributed by atoms with Crippen LogP contribution in [-0.4, -0.2) is 38.4 Å².